The van der Waals surface area contributed by atoms with Crippen LogP contribution >= 0.6 is 0 Å². The lowest BCUT2D eigenvalue weighted by atomic mass is 10.1. The zero-order chi connectivity index (χ0) is 9.40. The molecule has 0 bridgehead atoms. The van der Waals surface area contributed by atoms with E-state index in [1.807, 2.05) is 0 Å². The molecule has 0 rings (SSSR count). The van der Waals surface area contributed by atoms with Crippen molar-refractivity contribution in [1.82, 2.24) is 0 Å². The van der Waals surface area contributed by atoms with Crippen LogP contribution in [-0.2, 0) is 0 Å². The first kappa shape index (κ1) is 11.2. The highest BCUT2D eigenvalue weighted by Crippen LogP contribution is 2.11. The highest BCUT2D eigenvalue weighted by molar-refractivity contribution is 5.71. The number of hydrogen-bond donors (Lipinski definition) is 0. The van der Waals surface area contributed by atoms with Gasteiger partial charge in [0.15, 0.2) is 0 Å². The number of hydrogen-bond acceptors (Lipinski definition) is 1. The maximum atomic E-state index is 4.29. The molecule has 0 fully saturated rings. The lowest BCUT2D eigenvalue weighted by molar-refractivity contribution is 0.637. The average molecular weight is 165 g/mol. The summed E-state index contributed by atoms with van der Waals surface area (Å²) in [6.45, 7) is 10.1. The van der Waals surface area contributed by atoms with Gasteiger partial charge in [0, 0.05) is 11.9 Å². The van der Waals surface area contributed by atoms with Crippen LogP contribution in [0.5, 0.6) is 0 Å². The molecule has 0 N–H and O–H groups in total. The molecule has 0 amide bonds. The van der Waals surface area contributed by atoms with Crippen LogP contribution in [0.1, 0.15) is 33.6 Å². The highest BCUT2D eigenvalue weighted by Gasteiger charge is 1.97. The predicted octanol–water partition coefficient (Wildman–Crippen LogP) is 3.58. The third-order valence-electron chi connectivity index (χ3n) is 1.40. The van der Waals surface area contributed by atoms with E-state index in [0.717, 1.165) is 12.8 Å². The first-order valence-corrected chi connectivity index (χ1v) is 4.54. The van der Waals surface area contributed by atoms with Crippen molar-refractivity contribution in [2.75, 3.05) is 0 Å². The van der Waals surface area contributed by atoms with E-state index < -0.39 is 0 Å². The Morgan fingerprint density at radius 2 is 2.17 bits per heavy atom. The van der Waals surface area contributed by atoms with Gasteiger partial charge in [-0.1, -0.05) is 39.5 Å². The van der Waals surface area contributed by atoms with E-state index >= 15 is 0 Å². The van der Waals surface area contributed by atoms with E-state index in [0.29, 0.717) is 5.92 Å². The van der Waals surface area contributed by atoms with Gasteiger partial charge in [0.1, 0.15) is 0 Å². The number of aliphatic imine (C=N–C) groups is 1. The fraction of sp³-hybridized carbons (Fsp3) is 0.545. The van der Waals surface area contributed by atoms with Crippen LogP contribution in [0.4, 0.5) is 0 Å². The van der Waals surface area contributed by atoms with Crippen LogP contribution in [0, 0.1) is 5.92 Å². The molecule has 0 aliphatic carbocycles. The van der Waals surface area contributed by atoms with Gasteiger partial charge in [0.2, 0.25) is 0 Å². The van der Waals surface area contributed by atoms with Gasteiger partial charge in [-0.25, -0.2) is 0 Å². The molecule has 12 heavy (non-hydrogen) atoms. The van der Waals surface area contributed by atoms with Gasteiger partial charge in [-0.2, -0.15) is 0 Å². The number of nitrogens with zero attached hydrogens (tertiary/aromatic N) is 1. The number of allylic oxidation sites excluding steroid dienone is 3. The van der Waals surface area contributed by atoms with Gasteiger partial charge >= 0.3 is 0 Å². The monoisotopic (exact) mass is 165 g/mol. The predicted molar refractivity (Wildman–Crippen MR) is 56.5 cm³/mol. The minimum Gasteiger partial charge on any atom is -0.262 e. The van der Waals surface area contributed by atoms with E-state index in [2.05, 4.69) is 38.4 Å². The van der Waals surface area contributed by atoms with Gasteiger partial charge in [-0.05, 0) is 18.8 Å². The SMILES string of the molecule is C=CC=N/C(=C\CC)CC(C)C. The second-order valence-corrected chi connectivity index (χ2v) is 3.22. The molecular formula is C11H19N. The van der Waals surface area contributed by atoms with Crippen molar-refractivity contribution in [3.05, 3.63) is 24.4 Å². The van der Waals surface area contributed by atoms with Gasteiger partial charge in [0.25, 0.3) is 0 Å². The average Bonchev–Trinajstić information content (AvgIpc) is 2.00. The van der Waals surface area contributed by atoms with Crippen molar-refractivity contribution in [2.45, 2.75) is 33.6 Å². The largest absolute Gasteiger partial charge is 0.262 e. The minimum absolute atomic E-state index is 0.671. The van der Waals surface area contributed by atoms with Crippen molar-refractivity contribution in [1.29, 1.82) is 0 Å². The standard InChI is InChI=1S/C11H19N/c1-5-7-11(9-10(3)4)12-8-6-2/h6-8,10H,2,5,9H2,1,3-4H3/b11-7-,12-8?. The molecule has 0 radical (unpaired) electrons. The molecule has 0 aromatic rings. The molecule has 0 spiro atoms. The Morgan fingerprint density at radius 3 is 2.58 bits per heavy atom. The smallest absolute Gasteiger partial charge is 0.0366 e. The summed E-state index contributed by atoms with van der Waals surface area (Å²) in [6, 6.07) is 0. The molecule has 68 valence electrons. The number of rotatable bonds is 5. The molecule has 1 heteroatoms. The maximum absolute atomic E-state index is 4.29. The second-order valence-electron chi connectivity index (χ2n) is 3.22. The van der Waals surface area contributed by atoms with Gasteiger partial charge < -0.3 is 0 Å². The minimum atomic E-state index is 0.671. The molecule has 0 unspecified atom stereocenters. The van der Waals surface area contributed by atoms with E-state index in [9.17, 15) is 0 Å². The Labute approximate surface area is 75.9 Å². The van der Waals surface area contributed by atoms with Crippen LogP contribution in [0.25, 0.3) is 0 Å². The highest BCUT2D eigenvalue weighted by atomic mass is 14.7. The molecule has 1 nitrogen and oxygen atoms in total. The summed E-state index contributed by atoms with van der Waals surface area (Å²) in [7, 11) is 0. The molecule has 0 saturated carbocycles. The first-order valence-electron chi connectivity index (χ1n) is 4.54. The third kappa shape index (κ3) is 5.90. The fourth-order valence-corrected chi connectivity index (χ4v) is 0.991. The Balaban J connectivity index is 4.13. The van der Waals surface area contributed by atoms with Crippen molar-refractivity contribution in [3.63, 3.8) is 0 Å². The van der Waals surface area contributed by atoms with E-state index in [4.69, 9.17) is 0 Å². The molecule has 0 aliphatic heterocycles. The molecule has 0 aromatic carbocycles. The van der Waals surface area contributed by atoms with Gasteiger partial charge in [0.05, 0.1) is 0 Å². The van der Waals surface area contributed by atoms with Gasteiger partial charge in [-0.3, -0.25) is 4.99 Å². The zero-order valence-corrected chi connectivity index (χ0v) is 8.38. The lowest BCUT2D eigenvalue weighted by Crippen LogP contribution is -1.89. The normalized spacial score (nSPS) is 12.8. The summed E-state index contributed by atoms with van der Waals surface area (Å²) in [5.74, 6) is 0.671. The molecule has 0 atom stereocenters. The molecule has 0 aromatic heterocycles. The Hall–Kier alpha value is -0.850. The summed E-state index contributed by atoms with van der Waals surface area (Å²) in [4.78, 5) is 4.29. The van der Waals surface area contributed by atoms with Crippen molar-refractivity contribution in [3.8, 4) is 0 Å². The maximum Gasteiger partial charge on any atom is 0.0366 e. The summed E-state index contributed by atoms with van der Waals surface area (Å²) < 4.78 is 0. The molecule has 0 aliphatic rings. The van der Waals surface area contributed by atoms with Gasteiger partial charge in [-0.15, -0.1) is 0 Å². The first-order chi connectivity index (χ1) is 5.70. The fourth-order valence-electron chi connectivity index (χ4n) is 0.991. The van der Waals surface area contributed by atoms with E-state index in [-0.39, 0.29) is 0 Å². The Kier molecular flexibility index (Phi) is 6.35. The van der Waals surface area contributed by atoms with E-state index in [1.165, 1.54) is 5.70 Å². The van der Waals surface area contributed by atoms with Crippen LogP contribution < -0.4 is 0 Å². The van der Waals surface area contributed by atoms with Crippen LogP contribution in [-0.4, -0.2) is 6.21 Å². The van der Waals surface area contributed by atoms with Crippen molar-refractivity contribution >= 4 is 6.21 Å². The lowest BCUT2D eigenvalue weighted by Gasteiger charge is -2.03. The summed E-state index contributed by atoms with van der Waals surface area (Å²) >= 11 is 0. The Bertz CT molecular complexity index is 175. The molecule has 0 saturated heterocycles. The summed E-state index contributed by atoms with van der Waals surface area (Å²) in [5, 5.41) is 0. The summed E-state index contributed by atoms with van der Waals surface area (Å²) in [5.41, 5.74) is 1.17. The third-order valence-corrected chi connectivity index (χ3v) is 1.40. The molecular weight excluding hydrogens is 146 g/mol. The zero-order valence-electron chi connectivity index (χ0n) is 8.38. The van der Waals surface area contributed by atoms with E-state index in [1.54, 1.807) is 12.3 Å². The van der Waals surface area contributed by atoms with Crippen molar-refractivity contribution < 1.29 is 0 Å². The molecule has 0 heterocycles. The van der Waals surface area contributed by atoms with Crippen molar-refractivity contribution in [2.24, 2.45) is 10.9 Å². The van der Waals surface area contributed by atoms with Crippen LogP contribution in [0.15, 0.2) is 29.4 Å². The van der Waals surface area contributed by atoms with Crippen LogP contribution in [0.3, 0.4) is 0 Å². The second kappa shape index (κ2) is 6.84. The summed E-state index contributed by atoms with van der Waals surface area (Å²) in [6.07, 6.45) is 7.74. The Morgan fingerprint density at radius 1 is 1.50 bits per heavy atom. The van der Waals surface area contributed by atoms with Crippen LogP contribution in [0.2, 0.25) is 0 Å². The quantitative estimate of drug-likeness (QED) is 0.552. The topological polar surface area (TPSA) is 12.4 Å².